The van der Waals surface area contributed by atoms with Crippen LogP contribution in [0.3, 0.4) is 0 Å². The Bertz CT molecular complexity index is 1320. The fourth-order valence-electron chi connectivity index (χ4n) is 3.26. The molecule has 7 nitrogen and oxygen atoms in total. The van der Waals surface area contributed by atoms with E-state index in [-0.39, 0.29) is 29.9 Å². The molecule has 0 saturated carbocycles. The first-order valence-electron chi connectivity index (χ1n) is 10.8. The number of benzene rings is 3. The number of rotatable bonds is 9. The lowest BCUT2D eigenvalue weighted by atomic mass is 10.2. The molecule has 0 radical (unpaired) electrons. The highest BCUT2D eigenvalue weighted by Crippen LogP contribution is 2.35. The summed E-state index contributed by atoms with van der Waals surface area (Å²) >= 11 is 10.3. The van der Waals surface area contributed by atoms with Crippen molar-refractivity contribution in [2.24, 2.45) is 0 Å². The topological polar surface area (TPSA) is 84.9 Å². The molecular weight excluding hydrogens is 568 g/mol. The van der Waals surface area contributed by atoms with Gasteiger partial charge in [-0.1, -0.05) is 57.9 Å². The Morgan fingerprint density at radius 3 is 2.56 bits per heavy atom. The molecular formula is C26H20BrClN2O5S. The van der Waals surface area contributed by atoms with E-state index in [4.69, 9.17) is 21.1 Å². The number of ether oxygens (including phenoxy) is 2. The minimum atomic E-state index is -0.413. The third-order valence-corrected chi connectivity index (χ3v) is 6.70. The van der Waals surface area contributed by atoms with E-state index in [9.17, 15) is 14.4 Å². The molecule has 0 bridgehead atoms. The van der Waals surface area contributed by atoms with E-state index in [1.165, 1.54) is 0 Å². The molecule has 0 unspecified atom stereocenters. The molecule has 1 fully saturated rings. The van der Waals surface area contributed by atoms with Gasteiger partial charge in [0.2, 0.25) is 0 Å². The Morgan fingerprint density at radius 1 is 1.03 bits per heavy atom. The number of hydrogen-bond donors (Lipinski definition) is 1. The lowest BCUT2D eigenvalue weighted by Crippen LogP contribution is -2.32. The number of amides is 3. The molecule has 184 valence electrons. The van der Waals surface area contributed by atoms with Gasteiger partial charge in [-0.25, -0.2) is 0 Å². The van der Waals surface area contributed by atoms with Crippen LogP contribution >= 0.6 is 39.3 Å². The first-order valence-corrected chi connectivity index (χ1v) is 12.8. The maximum absolute atomic E-state index is 12.9. The van der Waals surface area contributed by atoms with Crippen LogP contribution in [0.15, 0.2) is 82.2 Å². The summed E-state index contributed by atoms with van der Waals surface area (Å²) in [6.07, 6.45) is 1.58. The molecule has 3 aromatic rings. The highest BCUT2D eigenvalue weighted by molar-refractivity contribution is 9.10. The minimum Gasteiger partial charge on any atom is -0.492 e. The Kier molecular flexibility index (Phi) is 8.69. The SMILES string of the molecule is O=C(COc1ccc(Br)cc1/C=C1\SC(=O)N(CCOc2ccccc2)C1=O)Nc1ccccc1Cl. The summed E-state index contributed by atoms with van der Waals surface area (Å²) in [5.41, 5.74) is 1.02. The first kappa shape index (κ1) is 25.8. The molecule has 0 aliphatic carbocycles. The van der Waals surface area contributed by atoms with E-state index in [2.05, 4.69) is 21.2 Å². The van der Waals surface area contributed by atoms with Crippen molar-refractivity contribution in [2.45, 2.75) is 0 Å². The standard InChI is InChI=1S/C26H20BrClN2O5S/c27-18-10-11-22(35-16-24(31)29-21-9-5-4-8-20(21)28)17(14-18)15-23-25(32)30(26(33)36-23)12-13-34-19-6-2-1-3-7-19/h1-11,14-15H,12-13,16H2,(H,29,31)/b23-15-. The number of thioether (sulfide) groups is 1. The Hall–Kier alpha value is -3.27. The average Bonchev–Trinajstić information content (AvgIpc) is 3.13. The van der Waals surface area contributed by atoms with Crippen LogP contribution in [-0.2, 0) is 9.59 Å². The van der Waals surface area contributed by atoms with Crippen molar-refractivity contribution in [1.29, 1.82) is 0 Å². The van der Waals surface area contributed by atoms with Crippen LogP contribution in [0, 0.1) is 0 Å². The zero-order valence-corrected chi connectivity index (χ0v) is 21.9. The van der Waals surface area contributed by atoms with Gasteiger partial charge in [0, 0.05) is 10.0 Å². The lowest BCUT2D eigenvalue weighted by Gasteiger charge is -2.13. The van der Waals surface area contributed by atoms with Gasteiger partial charge in [0.15, 0.2) is 6.61 Å². The summed E-state index contributed by atoms with van der Waals surface area (Å²) in [5.74, 6) is 0.237. The van der Waals surface area contributed by atoms with Gasteiger partial charge in [-0.15, -0.1) is 0 Å². The third-order valence-electron chi connectivity index (χ3n) is 4.97. The van der Waals surface area contributed by atoms with E-state index < -0.39 is 11.8 Å². The predicted octanol–water partition coefficient (Wildman–Crippen LogP) is 6.24. The smallest absolute Gasteiger partial charge is 0.293 e. The number of imide groups is 1. The third kappa shape index (κ3) is 6.69. The molecule has 0 spiro atoms. The molecule has 3 amide bonds. The summed E-state index contributed by atoms with van der Waals surface area (Å²) in [5, 5.41) is 2.73. The molecule has 1 aliphatic rings. The number of anilines is 1. The molecule has 3 aromatic carbocycles. The number of carbonyl (C=O) groups is 3. The van der Waals surface area contributed by atoms with Gasteiger partial charge in [-0.3, -0.25) is 19.3 Å². The fourth-order valence-corrected chi connectivity index (χ4v) is 4.68. The maximum atomic E-state index is 12.9. The van der Waals surface area contributed by atoms with Crippen LogP contribution in [0.1, 0.15) is 5.56 Å². The normalized spacial score (nSPS) is 14.3. The van der Waals surface area contributed by atoms with E-state index in [1.54, 1.807) is 60.7 Å². The van der Waals surface area contributed by atoms with Crippen molar-refractivity contribution in [3.8, 4) is 11.5 Å². The van der Waals surface area contributed by atoms with Gasteiger partial charge in [0.1, 0.15) is 18.1 Å². The van der Waals surface area contributed by atoms with Crippen LogP contribution in [0.2, 0.25) is 5.02 Å². The van der Waals surface area contributed by atoms with Crippen LogP contribution in [-0.4, -0.2) is 41.7 Å². The zero-order valence-electron chi connectivity index (χ0n) is 18.8. The fraction of sp³-hybridized carbons (Fsp3) is 0.115. The van der Waals surface area contributed by atoms with Crippen molar-refractivity contribution in [3.63, 3.8) is 0 Å². The van der Waals surface area contributed by atoms with E-state index in [0.717, 1.165) is 21.1 Å². The van der Waals surface area contributed by atoms with E-state index in [0.29, 0.717) is 27.8 Å². The Morgan fingerprint density at radius 2 is 1.78 bits per heavy atom. The van der Waals surface area contributed by atoms with Gasteiger partial charge >= 0.3 is 0 Å². The van der Waals surface area contributed by atoms with Crippen LogP contribution in [0.5, 0.6) is 11.5 Å². The summed E-state index contributed by atoms with van der Waals surface area (Å²) in [4.78, 5) is 39.1. The molecule has 10 heteroatoms. The average molecular weight is 588 g/mol. The number of halogens is 2. The van der Waals surface area contributed by atoms with E-state index >= 15 is 0 Å². The molecule has 1 aliphatic heterocycles. The van der Waals surface area contributed by atoms with Gasteiger partial charge in [-0.2, -0.15) is 0 Å². The van der Waals surface area contributed by atoms with Crippen LogP contribution < -0.4 is 14.8 Å². The van der Waals surface area contributed by atoms with Gasteiger partial charge in [0.25, 0.3) is 17.1 Å². The highest BCUT2D eigenvalue weighted by Gasteiger charge is 2.35. The second kappa shape index (κ2) is 12.1. The Labute approximate surface area is 225 Å². The highest BCUT2D eigenvalue weighted by atomic mass is 79.9. The second-order valence-electron chi connectivity index (χ2n) is 7.49. The lowest BCUT2D eigenvalue weighted by molar-refractivity contribution is -0.123. The molecule has 1 saturated heterocycles. The first-order chi connectivity index (χ1) is 17.4. The molecule has 36 heavy (non-hydrogen) atoms. The van der Waals surface area contributed by atoms with Crippen molar-refractivity contribution in [1.82, 2.24) is 4.90 Å². The largest absolute Gasteiger partial charge is 0.492 e. The number of nitrogens with one attached hydrogen (secondary N) is 1. The van der Waals surface area contributed by atoms with Crippen LogP contribution in [0.25, 0.3) is 6.08 Å². The van der Waals surface area contributed by atoms with Crippen molar-refractivity contribution in [2.75, 3.05) is 25.1 Å². The number of hydrogen-bond acceptors (Lipinski definition) is 6. The molecule has 4 rings (SSSR count). The molecule has 0 aromatic heterocycles. The van der Waals surface area contributed by atoms with Crippen molar-refractivity contribution < 1.29 is 23.9 Å². The summed E-state index contributed by atoms with van der Waals surface area (Å²) < 4.78 is 12.1. The number of nitrogens with zero attached hydrogens (tertiary/aromatic N) is 1. The van der Waals surface area contributed by atoms with E-state index in [1.807, 2.05) is 18.2 Å². The van der Waals surface area contributed by atoms with Gasteiger partial charge < -0.3 is 14.8 Å². The molecule has 1 heterocycles. The second-order valence-corrected chi connectivity index (χ2v) is 9.81. The minimum absolute atomic E-state index is 0.126. The number of carbonyl (C=O) groups excluding carboxylic acids is 3. The summed E-state index contributed by atoms with van der Waals surface area (Å²) in [6, 6.07) is 21.2. The quantitative estimate of drug-likeness (QED) is 0.299. The Balaban J connectivity index is 1.41. The molecule has 1 N–H and O–H groups in total. The van der Waals surface area contributed by atoms with Crippen LogP contribution in [0.4, 0.5) is 10.5 Å². The predicted molar refractivity (Wildman–Crippen MR) is 144 cm³/mol. The van der Waals surface area contributed by atoms with Crippen molar-refractivity contribution in [3.05, 3.63) is 92.8 Å². The van der Waals surface area contributed by atoms with Gasteiger partial charge in [-0.05, 0) is 60.3 Å². The summed E-state index contributed by atoms with van der Waals surface area (Å²) in [6.45, 7) is 0.0358. The summed E-state index contributed by atoms with van der Waals surface area (Å²) in [7, 11) is 0. The molecule has 0 atom stereocenters. The zero-order chi connectivity index (χ0) is 25.5. The monoisotopic (exact) mass is 586 g/mol. The maximum Gasteiger partial charge on any atom is 0.293 e. The number of para-hydroxylation sites is 2. The van der Waals surface area contributed by atoms with Gasteiger partial charge in [0.05, 0.1) is 22.2 Å². The van der Waals surface area contributed by atoms with Crippen molar-refractivity contribution >= 4 is 68.1 Å².